The molecule has 0 fully saturated rings. The first-order valence-electron chi connectivity index (χ1n) is 4.60. The Hall–Kier alpha value is -1.87. The third-order valence-corrected chi connectivity index (χ3v) is 2.26. The summed E-state index contributed by atoms with van der Waals surface area (Å²) < 4.78 is 40.7. The Morgan fingerprint density at radius 1 is 1.39 bits per heavy atom. The molecule has 0 bridgehead atoms. The topological polar surface area (TPSA) is 102 Å². The van der Waals surface area contributed by atoms with Gasteiger partial charge in [-0.25, -0.2) is 5.84 Å². The lowest BCUT2D eigenvalue weighted by atomic mass is 9.83. The monoisotopic (exact) mass is 266 g/mol. The van der Waals surface area contributed by atoms with Crippen LogP contribution in [0.3, 0.4) is 0 Å². The number of hydrogen-bond donors (Lipinski definition) is 3. The number of carboxylic acids is 1. The van der Waals surface area contributed by atoms with Crippen molar-refractivity contribution in [2.45, 2.75) is 12.0 Å². The standard InChI is InChI=1S/C9H9F3N2O4/c10-9(11,12)18-8(7(17)14-13)4-2-1-3-5(8)6(15)16/h1-5H,13H2,(H,14,17)(H,15,16)/t5-,8-/m0/s1. The van der Waals surface area contributed by atoms with E-state index in [1.165, 1.54) is 11.5 Å². The Kier molecular flexibility index (Phi) is 3.77. The molecule has 0 aliphatic heterocycles. The van der Waals surface area contributed by atoms with E-state index in [1.807, 2.05) is 0 Å². The van der Waals surface area contributed by atoms with Crippen molar-refractivity contribution in [1.29, 1.82) is 0 Å². The lowest BCUT2D eigenvalue weighted by molar-refractivity contribution is -0.355. The summed E-state index contributed by atoms with van der Waals surface area (Å²) in [5.41, 5.74) is -1.29. The molecule has 0 saturated carbocycles. The highest BCUT2D eigenvalue weighted by Gasteiger charge is 2.54. The largest absolute Gasteiger partial charge is 0.523 e. The maximum Gasteiger partial charge on any atom is 0.523 e. The number of carbonyl (C=O) groups is 2. The van der Waals surface area contributed by atoms with Crippen molar-refractivity contribution >= 4 is 11.9 Å². The first-order chi connectivity index (χ1) is 8.23. The molecule has 18 heavy (non-hydrogen) atoms. The van der Waals surface area contributed by atoms with E-state index in [-0.39, 0.29) is 0 Å². The average Bonchev–Trinajstić information content (AvgIpc) is 2.25. The summed E-state index contributed by atoms with van der Waals surface area (Å²) in [6, 6.07) is 0. The molecule has 1 aliphatic carbocycles. The SMILES string of the molecule is NNC(=O)[C@]1(OC(F)(F)F)C=CC=C[C@H]1C(=O)O. The minimum absolute atomic E-state index is 0.696. The van der Waals surface area contributed by atoms with Crippen molar-refractivity contribution in [3.05, 3.63) is 24.3 Å². The molecule has 100 valence electrons. The van der Waals surface area contributed by atoms with Crippen molar-refractivity contribution in [2.24, 2.45) is 11.8 Å². The van der Waals surface area contributed by atoms with Gasteiger partial charge in [0, 0.05) is 0 Å². The molecule has 1 amide bonds. The van der Waals surface area contributed by atoms with Crippen molar-refractivity contribution in [3.63, 3.8) is 0 Å². The first-order valence-corrected chi connectivity index (χ1v) is 4.60. The van der Waals surface area contributed by atoms with Gasteiger partial charge in [0.2, 0.25) is 0 Å². The zero-order valence-electron chi connectivity index (χ0n) is 8.77. The third kappa shape index (κ3) is 2.68. The number of hydrogen-bond acceptors (Lipinski definition) is 4. The summed E-state index contributed by atoms with van der Waals surface area (Å²) in [5, 5.41) is 8.86. The minimum atomic E-state index is -5.20. The minimum Gasteiger partial charge on any atom is -0.481 e. The van der Waals surface area contributed by atoms with Crippen molar-refractivity contribution in [3.8, 4) is 0 Å². The lowest BCUT2D eigenvalue weighted by Gasteiger charge is -2.34. The van der Waals surface area contributed by atoms with Crippen LogP contribution < -0.4 is 11.3 Å². The fraction of sp³-hybridized carbons (Fsp3) is 0.333. The van der Waals surface area contributed by atoms with E-state index in [0.29, 0.717) is 6.08 Å². The van der Waals surface area contributed by atoms with Crippen LogP contribution in [0.5, 0.6) is 0 Å². The van der Waals surface area contributed by atoms with Gasteiger partial charge in [0.1, 0.15) is 5.92 Å². The molecule has 0 aromatic rings. The zero-order valence-corrected chi connectivity index (χ0v) is 8.77. The molecule has 0 spiro atoms. The van der Waals surface area contributed by atoms with Gasteiger partial charge in [0.25, 0.3) is 5.91 Å². The Balaban J connectivity index is 3.26. The van der Waals surface area contributed by atoms with Gasteiger partial charge in [0.15, 0.2) is 5.60 Å². The van der Waals surface area contributed by atoms with Crippen LogP contribution in [0.25, 0.3) is 0 Å². The van der Waals surface area contributed by atoms with Crippen LogP contribution in [0, 0.1) is 5.92 Å². The van der Waals surface area contributed by atoms with E-state index >= 15 is 0 Å². The van der Waals surface area contributed by atoms with Crippen LogP contribution in [0.1, 0.15) is 0 Å². The first kappa shape index (κ1) is 14.2. The van der Waals surface area contributed by atoms with Gasteiger partial charge in [-0.1, -0.05) is 18.2 Å². The Morgan fingerprint density at radius 2 is 2.00 bits per heavy atom. The number of aliphatic carboxylic acids is 1. The molecule has 6 nitrogen and oxygen atoms in total. The normalized spacial score (nSPS) is 27.0. The van der Waals surface area contributed by atoms with Crippen LogP contribution in [0.4, 0.5) is 13.2 Å². The van der Waals surface area contributed by atoms with Gasteiger partial charge in [0.05, 0.1) is 0 Å². The van der Waals surface area contributed by atoms with Gasteiger partial charge >= 0.3 is 12.3 Å². The van der Waals surface area contributed by atoms with E-state index in [9.17, 15) is 22.8 Å². The fourth-order valence-corrected chi connectivity index (χ4v) is 1.55. The molecule has 0 aromatic heterocycles. The Morgan fingerprint density at radius 3 is 2.44 bits per heavy atom. The molecule has 0 aromatic carbocycles. The fourth-order valence-electron chi connectivity index (χ4n) is 1.55. The molecule has 4 N–H and O–H groups in total. The van der Waals surface area contributed by atoms with Gasteiger partial charge in [-0.15, -0.1) is 13.2 Å². The molecule has 1 rings (SSSR count). The van der Waals surface area contributed by atoms with Gasteiger partial charge in [-0.05, 0) is 6.08 Å². The second kappa shape index (κ2) is 4.78. The number of amides is 1. The zero-order chi connectivity index (χ0) is 14.0. The molecule has 0 unspecified atom stereocenters. The van der Waals surface area contributed by atoms with Crippen LogP contribution in [-0.2, 0) is 14.3 Å². The highest BCUT2D eigenvalue weighted by atomic mass is 19.4. The maximum atomic E-state index is 12.3. The van der Waals surface area contributed by atoms with Crippen molar-refractivity contribution in [1.82, 2.24) is 5.43 Å². The number of nitrogens with two attached hydrogens (primary N) is 1. The Bertz CT molecular complexity index is 419. The summed E-state index contributed by atoms with van der Waals surface area (Å²) >= 11 is 0. The van der Waals surface area contributed by atoms with Gasteiger partial charge in [-0.3, -0.25) is 19.8 Å². The number of hydrazine groups is 1. The van der Waals surface area contributed by atoms with Crippen LogP contribution >= 0.6 is 0 Å². The van der Waals surface area contributed by atoms with Gasteiger partial charge in [-0.2, -0.15) is 0 Å². The highest BCUT2D eigenvalue weighted by Crippen LogP contribution is 2.35. The molecule has 1 aliphatic rings. The summed E-state index contributed by atoms with van der Waals surface area (Å²) in [6.07, 6.45) is -1.33. The summed E-state index contributed by atoms with van der Waals surface area (Å²) in [6.45, 7) is 0. The predicted molar refractivity (Wildman–Crippen MR) is 51.6 cm³/mol. The number of ether oxygens (including phenoxy) is 1. The second-order valence-electron chi connectivity index (χ2n) is 3.37. The van der Waals surface area contributed by atoms with E-state index in [4.69, 9.17) is 10.9 Å². The molecule has 2 atom stereocenters. The quantitative estimate of drug-likeness (QED) is 0.381. The Labute approximate surface area is 98.9 Å². The van der Waals surface area contributed by atoms with Crippen LogP contribution in [0.2, 0.25) is 0 Å². The van der Waals surface area contributed by atoms with E-state index in [1.54, 1.807) is 0 Å². The van der Waals surface area contributed by atoms with E-state index < -0.39 is 29.8 Å². The summed E-state index contributed by atoms with van der Waals surface area (Å²) in [5.74, 6) is -0.128. The van der Waals surface area contributed by atoms with Crippen molar-refractivity contribution < 1.29 is 32.6 Å². The molecule has 0 saturated heterocycles. The number of halogens is 3. The summed E-state index contributed by atoms with van der Waals surface area (Å²) in [4.78, 5) is 22.4. The van der Waals surface area contributed by atoms with Gasteiger partial charge < -0.3 is 5.11 Å². The van der Waals surface area contributed by atoms with Crippen LogP contribution in [0.15, 0.2) is 24.3 Å². The smallest absolute Gasteiger partial charge is 0.481 e. The number of allylic oxidation sites excluding steroid dienone is 2. The predicted octanol–water partition coefficient (Wildman–Crippen LogP) is 0.0783. The lowest BCUT2D eigenvalue weighted by Crippen LogP contribution is -2.58. The number of alkyl halides is 3. The number of rotatable bonds is 3. The molecule has 0 heterocycles. The molecule has 0 radical (unpaired) electrons. The number of carboxylic acid groups (broad SMARTS) is 1. The van der Waals surface area contributed by atoms with Crippen LogP contribution in [-0.4, -0.2) is 28.9 Å². The number of nitrogens with one attached hydrogen (secondary N) is 1. The van der Waals surface area contributed by atoms with E-state index in [0.717, 1.165) is 12.2 Å². The number of carbonyl (C=O) groups excluding carboxylic acids is 1. The highest BCUT2D eigenvalue weighted by molar-refractivity contribution is 5.94. The maximum absolute atomic E-state index is 12.3. The second-order valence-corrected chi connectivity index (χ2v) is 3.37. The van der Waals surface area contributed by atoms with E-state index in [2.05, 4.69) is 4.74 Å². The van der Waals surface area contributed by atoms with Crippen molar-refractivity contribution in [2.75, 3.05) is 0 Å². The molecular weight excluding hydrogens is 257 g/mol. The third-order valence-electron chi connectivity index (χ3n) is 2.26. The average molecular weight is 266 g/mol. The molecular formula is C9H9F3N2O4. The molecule has 9 heteroatoms. The summed E-state index contributed by atoms with van der Waals surface area (Å²) in [7, 11) is 0.